The van der Waals surface area contributed by atoms with E-state index in [1.165, 1.54) is 0 Å². The van der Waals surface area contributed by atoms with Crippen molar-refractivity contribution >= 4 is 39.1 Å². The topological polar surface area (TPSA) is 12.9 Å². The second-order valence-electron chi connectivity index (χ2n) is 4.04. The highest BCUT2D eigenvalue weighted by Gasteiger charge is 2.14. The molecule has 94 valence electrons. The van der Waals surface area contributed by atoms with Crippen LogP contribution >= 0.6 is 39.1 Å². The summed E-state index contributed by atoms with van der Waals surface area (Å²) in [7, 11) is 0. The number of benzene rings is 1. The average molecular weight is 345 g/mol. The van der Waals surface area contributed by atoms with Crippen molar-refractivity contribution in [2.75, 3.05) is 5.88 Å². The number of rotatable bonds is 4. The van der Waals surface area contributed by atoms with E-state index in [1.807, 2.05) is 36.4 Å². The van der Waals surface area contributed by atoms with Crippen molar-refractivity contribution in [1.29, 1.82) is 0 Å². The molecule has 18 heavy (non-hydrogen) atoms. The van der Waals surface area contributed by atoms with Gasteiger partial charge in [0.05, 0.1) is 0 Å². The van der Waals surface area contributed by atoms with Crippen LogP contribution < -0.4 is 0 Å². The monoisotopic (exact) mass is 343 g/mol. The van der Waals surface area contributed by atoms with Crippen LogP contribution in [0.2, 0.25) is 5.02 Å². The third kappa shape index (κ3) is 3.47. The zero-order valence-corrected chi connectivity index (χ0v) is 12.7. The summed E-state index contributed by atoms with van der Waals surface area (Å²) in [5.74, 6) is 0.718. The summed E-state index contributed by atoms with van der Waals surface area (Å²) >= 11 is 15.6. The minimum absolute atomic E-state index is 0.189. The first kappa shape index (κ1) is 13.9. The largest absolute Gasteiger partial charge is 0.260 e. The minimum Gasteiger partial charge on any atom is -0.260 e. The zero-order valence-electron chi connectivity index (χ0n) is 9.61. The Kier molecular flexibility index (Phi) is 5.04. The molecule has 1 atom stereocenters. The van der Waals surface area contributed by atoms with Crippen LogP contribution in [0.5, 0.6) is 0 Å². The van der Waals surface area contributed by atoms with Crippen molar-refractivity contribution in [1.82, 2.24) is 4.98 Å². The molecule has 1 heterocycles. The summed E-state index contributed by atoms with van der Waals surface area (Å²) in [5.41, 5.74) is 2.10. The third-order valence-corrected chi connectivity index (χ3v) is 3.96. The molecule has 0 fully saturated rings. The smallest absolute Gasteiger partial charge is 0.0441 e. The fourth-order valence-electron chi connectivity index (χ4n) is 1.83. The number of hydrogen-bond donors (Lipinski definition) is 0. The quantitative estimate of drug-likeness (QED) is 0.706. The molecule has 0 radical (unpaired) electrons. The molecule has 0 saturated heterocycles. The van der Waals surface area contributed by atoms with E-state index in [-0.39, 0.29) is 5.92 Å². The van der Waals surface area contributed by atoms with Gasteiger partial charge in [-0.05, 0) is 46.1 Å². The fraction of sp³-hybridized carbons (Fsp3) is 0.214. The van der Waals surface area contributed by atoms with E-state index in [0.717, 1.165) is 27.2 Å². The van der Waals surface area contributed by atoms with Crippen LogP contribution in [0.1, 0.15) is 17.2 Å². The molecule has 1 nitrogen and oxygen atoms in total. The van der Waals surface area contributed by atoms with Gasteiger partial charge < -0.3 is 0 Å². The maximum Gasteiger partial charge on any atom is 0.0441 e. The minimum atomic E-state index is 0.189. The molecular formula is C14H12BrCl2N. The normalized spacial score (nSPS) is 12.4. The van der Waals surface area contributed by atoms with Gasteiger partial charge in [0, 0.05) is 33.2 Å². The zero-order chi connectivity index (χ0) is 13.0. The van der Waals surface area contributed by atoms with E-state index in [4.69, 9.17) is 23.2 Å². The Labute approximate surface area is 125 Å². The predicted octanol–water partition coefficient (Wildman–Crippen LogP) is 5.06. The first-order valence-electron chi connectivity index (χ1n) is 5.61. The number of aromatic nitrogens is 1. The third-order valence-electron chi connectivity index (χ3n) is 2.78. The summed E-state index contributed by atoms with van der Waals surface area (Å²) in [4.78, 5) is 4.37. The lowest BCUT2D eigenvalue weighted by atomic mass is 9.96. The number of hydrogen-bond acceptors (Lipinski definition) is 1. The van der Waals surface area contributed by atoms with Crippen LogP contribution in [0.3, 0.4) is 0 Å². The van der Waals surface area contributed by atoms with Crippen molar-refractivity contribution in [2.24, 2.45) is 0 Å². The molecule has 0 spiro atoms. The van der Waals surface area contributed by atoms with Gasteiger partial charge in [-0.15, -0.1) is 11.6 Å². The molecule has 1 aromatic carbocycles. The van der Waals surface area contributed by atoms with Gasteiger partial charge in [0.1, 0.15) is 0 Å². The Hall–Kier alpha value is -0.570. The molecule has 2 rings (SSSR count). The molecule has 0 aliphatic rings. The molecule has 1 unspecified atom stereocenters. The Bertz CT molecular complexity index is 513. The second-order valence-corrected chi connectivity index (χ2v) is 5.68. The van der Waals surface area contributed by atoms with Crippen LogP contribution in [-0.4, -0.2) is 10.9 Å². The molecule has 0 bridgehead atoms. The van der Waals surface area contributed by atoms with Crippen molar-refractivity contribution in [3.8, 4) is 0 Å². The Morgan fingerprint density at radius 3 is 2.56 bits per heavy atom. The molecule has 4 heteroatoms. The molecule has 2 aromatic rings. The van der Waals surface area contributed by atoms with Crippen LogP contribution in [0.25, 0.3) is 0 Å². The molecule has 1 aromatic heterocycles. The highest BCUT2D eigenvalue weighted by molar-refractivity contribution is 9.10. The Balaban J connectivity index is 2.20. The SMILES string of the molecule is ClCC(Cc1ccc(Br)cn1)c1ccccc1Cl. The number of pyridine rings is 1. The van der Waals surface area contributed by atoms with Gasteiger partial charge in [-0.2, -0.15) is 0 Å². The van der Waals surface area contributed by atoms with Crippen molar-refractivity contribution < 1.29 is 0 Å². The number of nitrogens with zero attached hydrogens (tertiary/aromatic N) is 1. The van der Waals surface area contributed by atoms with Crippen LogP contribution in [-0.2, 0) is 6.42 Å². The van der Waals surface area contributed by atoms with E-state index >= 15 is 0 Å². The lowest BCUT2D eigenvalue weighted by molar-refractivity contribution is 0.747. The Morgan fingerprint density at radius 1 is 1.17 bits per heavy atom. The molecule has 0 amide bonds. The number of alkyl halides is 1. The number of halogens is 3. The van der Waals surface area contributed by atoms with Crippen LogP contribution in [0.4, 0.5) is 0 Å². The average Bonchev–Trinajstić information content (AvgIpc) is 2.39. The summed E-state index contributed by atoms with van der Waals surface area (Å²) in [6.07, 6.45) is 2.59. The summed E-state index contributed by atoms with van der Waals surface area (Å²) in [6.45, 7) is 0. The Morgan fingerprint density at radius 2 is 1.94 bits per heavy atom. The highest BCUT2D eigenvalue weighted by Crippen LogP contribution is 2.28. The van der Waals surface area contributed by atoms with Crippen LogP contribution in [0, 0.1) is 0 Å². The molecular weight excluding hydrogens is 333 g/mol. The summed E-state index contributed by atoms with van der Waals surface area (Å²) in [6, 6.07) is 11.8. The van der Waals surface area contributed by atoms with Gasteiger partial charge in [0.25, 0.3) is 0 Å². The van der Waals surface area contributed by atoms with Gasteiger partial charge >= 0.3 is 0 Å². The van der Waals surface area contributed by atoms with Gasteiger partial charge in [-0.1, -0.05) is 29.8 Å². The maximum atomic E-state index is 6.20. The summed E-state index contributed by atoms with van der Waals surface area (Å²) in [5, 5.41) is 0.764. The lowest BCUT2D eigenvalue weighted by Gasteiger charge is -2.15. The highest BCUT2D eigenvalue weighted by atomic mass is 79.9. The van der Waals surface area contributed by atoms with E-state index in [0.29, 0.717) is 5.88 Å². The van der Waals surface area contributed by atoms with Crippen molar-refractivity contribution in [3.05, 3.63) is 63.3 Å². The van der Waals surface area contributed by atoms with Crippen molar-refractivity contribution in [2.45, 2.75) is 12.3 Å². The maximum absolute atomic E-state index is 6.20. The molecule has 0 aliphatic heterocycles. The summed E-state index contributed by atoms with van der Waals surface area (Å²) < 4.78 is 0.978. The molecule has 0 saturated carbocycles. The van der Waals surface area contributed by atoms with Crippen LogP contribution in [0.15, 0.2) is 47.1 Å². The van der Waals surface area contributed by atoms with Gasteiger partial charge in [0.15, 0.2) is 0 Å². The van der Waals surface area contributed by atoms with E-state index < -0.39 is 0 Å². The fourth-order valence-corrected chi connectivity index (χ4v) is 2.63. The standard InChI is InChI=1S/C14H12BrCl2N/c15-11-5-6-12(18-9-11)7-10(8-16)13-3-1-2-4-14(13)17/h1-6,9-10H,7-8H2. The van der Waals surface area contributed by atoms with Crippen molar-refractivity contribution in [3.63, 3.8) is 0 Å². The predicted molar refractivity (Wildman–Crippen MR) is 80.6 cm³/mol. The molecule has 0 N–H and O–H groups in total. The van der Waals surface area contributed by atoms with E-state index in [1.54, 1.807) is 6.20 Å². The lowest BCUT2D eigenvalue weighted by Crippen LogP contribution is -2.06. The first-order valence-corrected chi connectivity index (χ1v) is 7.32. The molecule has 0 aliphatic carbocycles. The second kappa shape index (κ2) is 6.55. The van der Waals surface area contributed by atoms with E-state index in [2.05, 4.69) is 20.9 Å². The van der Waals surface area contributed by atoms with E-state index in [9.17, 15) is 0 Å². The van der Waals surface area contributed by atoms with Gasteiger partial charge in [-0.25, -0.2) is 0 Å². The van der Waals surface area contributed by atoms with Gasteiger partial charge in [0.2, 0.25) is 0 Å². The first-order chi connectivity index (χ1) is 8.70. The van der Waals surface area contributed by atoms with Gasteiger partial charge in [-0.3, -0.25) is 4.98 Å².